The normalized spacial score (nSPS) is 17.1. The number of anilines is 1. The topological polar surface area (TPSA) is 158 Å². The maximum absolute atomic E-state index is 15.4. The summed E-state index contributed by atoms with van der Waals surface area (Å²) in [5, 5.41) is 33.4. The maximum Gasteiger partial charge on any atom is 0.586 e. The van der Waals surface area contributed by atoms with Gasteiger partial charge in [0.05, 0.1) is 18.1 Å². The number of Topliss-reactive ketones (excluding diaryl/α,β-unsaturated/α-hetero) is 1. The second-order valence-electron chi connectivity index (χ2n) is 20.5. The highest BCUT2D eigenvalue weighted by Gasteiger charge is 2.52. The number of aliphatic hydroxyl groups is 2. The predicted molar refractivity (Wildman–Crippen MR) is 256 cm³/mol. The molecule has 0 bridgehead atoms. The molecule has 5 N–H and O–H groups in total. The third-order valence-electron chi connectivity index (χ3n) is 13.3. The number of carbonyl (C=O) groups excluding carboxylic acids is 2. The third-order valence-corrected chi connectivity index (χ3v) is 13.3. The van der Waals surface area contributed by atoms with E-state index in [1.165, 1.54) is 24.4 Å². The summed E-state index contributed by atoms with van der Waals surface area (Å²) in [7, 11) is 0. The lowest BCUT2D eigenvalue weighted by atomic mass is 9.74. The van der Waals surface area contributed by atoms with Crippen LogP contribution in [0.15, 0.2) is 83.3 Å². The van der Waals surface area contributed by atoms with Crippen molar-refractivity contribution in [2.24, 2.45) is 5.41 Å². The lowest BCUT2D eigenvalue weighted by molar-refractivity contribution is -0.286. The van der Waals surface area contributed by atoms with Gasteiger partial charge in [-0.3, -0.25) is 14.4 Å². The van der Waals surface area contributed by atoms with Crippen molar-refractivity contribution in [2.45, 2.75) is 136 Å². The van der Waals surface area contributed by atoms with E-state index in [-0.39, 0.29) is 88.6 Å². The minimum atomic E-state index is -3.74. The van der Waals surface area contributed by atoms with E-state index in [0.29, 0.717) is 35.0 Å². The molecule has 8 rings (SSSR count). The molecule has 0 radical (unpaired) electrons. The average molecular weight is 925 g/mol. The van der Waals surface area contributed by atoms with Crippen LogP contribution in [0.2, 0.25) is 0 Å². The van der Waals surface area contributed by atoms with Gasteiger partial charge in [0.25, 0.3) is 5.91 Å². The summed E-state index contributed by atoms with van der Waals surface area (Å²) in [6, 6.07) is 18.1. The van der Waals surface area contributed by atoms with Crippen molar-refractivity contribution in [3.8, 4) is 17.2 Å². The van der Waals surface area contributed by atoms with Gasteiger partial charge in [0.2, 0.25) is 5.43 Å². The number of rotatable bonds is 11. The molecule has 358 valence electrons. The first kappa shape index (κ1) is 50.5. The molecule has 1 unspecified atom stereocenters. The number of allylic oxidation sites excluding steroid dienone is 1. The van der Waals surface area contributed by atoms with Crippen molar-refractivity contribution in [2.75, 3.05) is 11.9 Å². The Morgan fingerprint density at radius 2 is 1.57 bits per heavy atom. The van der Waals surface area contributed by atoms with Crippen LogP contribution in [0.5, 0.6) is 17.2 Å². The Morgan fingerprint density at radius 1 is 0.910 bits per heavy atom. The van der Waals surface area contributed by atoms with Crippen molar-refractivity contribution in [1.29, 1.82) is 0 Å². The lowest BCUT2D eigenvalue weighted by Crippen LogP contribution is -2.26. The molecular formula is C54H63F3N2O8. The number of benzene rings is 4. The zero-order valence-electron chi connectivity index (χ0n) is 38.9. The molecule has 2 aliphatic carbocycles. The minimum absolute atomic E-state index is 0. The summed E-state index contributed by atoms with van der Waals surface area (Å²) in [5.74, 6) is -1.50. The number of phenols is 1. The Hall–Kier alpha value is -5.92. The number of alkyl halides is 2. The van der Waals surface area contributed by atoms with Crippen molar-refractivity contribution in [3.05, 3.63) is 133 Å². The number of phenolic OH excluding ortho intramolecular Hbond substituents is 1. The lowest BCUT2D eigenvalue weighted by Gasteiger charge is -2.31. The van der Waals surface area contributed by atoms with Gasteiger partial charge in [0, 0.05) is 41.2 Å². The van der Waals surface area contributed by atoms with Gasteiger partial charge in [-0.05, 0) is 118 Å². The van der Waals surface area contributed by atoms with Crippen molar-refractivity contribution in [1.82, 2.24) is 4.98 Å². The first-order chi connectivity index (χ1) is 30.8. The zero-order valence-corrected chi connectivity index (χ0v) is 38.9. The number of amides is 1. The number of para-hydroxylation sites is 1. The molecule has 5 aromatic rings. The second kappa shape index (κ2) is 18.3. The number of halogens is 3. The molecule has 2 heterocycles. The van der Waals surface area contributed by atoms with Gasteiger partial charge in [0.1, 0.15) is 22.9 Å². The molecule has 4 aromatic carbocycles. The molecule has 67 heavy (non-hydrogen) atoms. The molecule has 3 aliphatic rings. The molecule has 1 amide bonds. The van der Waals surface area contributed by atoms with Crippen LogP contribution in [-0.4, -0.2) is 51.0 Å². The van der Waals surface area contributed by atoms with Crippen LogP contribution in [0.25, 0.3) is 17.0 Å². The Kier molecular flexibility index (Phi) is 13.8. The number of aliphatic hydroxyl groups excluding tert-OH is 2. The van der Waals surface area contributed by atoms with E-state index in [2.05, 4.69) is 40.5 Å². The monoisotopic (exact) mass is 924 g/mol. The third kappa shape index (κ3) is 10.2. The zero-order chi connectivity index (χ0) is 48.3. The number of fused-ring (bicyclic) bond motifs is 3. The number of aromatic amines is 1. The Bertz CT molecular complexity index is 2810. The fraction of sp³-hybridized carbons (Fsp3) is 0.426. The smallest absolute Gasteiger partial charge is 0.508 e. The molecule has 1 fully saturated rings. The van der Waals surface area contributed by atoms with Crippen LogP contribution in [0.1, 0.15) is 145 Å². The molecule has 0 saturated heterocycles. The van der Waals surface area contributed by atoms with E-state index in [1.807, 2.05) is 59.8 Å². The number of ketones is 1. The summed E-state index contributed by atoms with van der Waals surface area (Å²) >= 11 is 0. The van der Waals surface area contributed by atoms with Gasteiger partial charge in [-0.1, -0.05) is 99.6 Å². The number of aromatic nitrogens is 1. The quantitative estimate of drug-likeness (QED) is 0.0876. The van der Waals surface area contributed by atoms with Crippen molar-refractivity contribution >= 4 is 34.4 Å². The Labute approximate surface area is 390 Å². The SMILES string of the molecule is C.CC(C)(C)c1cc(C(C)(C)C)c(NC(=O)c2c[nH]c3ccccc3c2=O)cc1O.CCC(C)(C)C1=Cc2cc(CC(=O)C3(c4ccc5c(c4)OC(F)(F)O5)CC3)c(F)cc2C1C[C@@H](O)CO. The van der Waals surface area contributed by atoms with Gasteiger partial charge < -0.3 is 35.1 Å². The standard InChI is InChI=1S/C29H31F3O5.C24H28N2O3.CH4/c1-4-27(2,3)22-10-16-9-17(23(30)14-20(16)21(22)13-19(34)15-33)11-26(35)28(7-8-28)18-5-6-24-25(12-18)37-29(31,32)36-24;1-23(2,3)16-11-17(24(4,5)6)20(27)12-19(16)26-22(29)15-13-25-18-10-8-7-9-14(18)21(15)28;/h5-6,9-10,12,14,19,21,33-34H,4,7-8,11,13,15H2,1-3H3;7-13,27H,1-6H3,(H,25,28)(H,26,29);1H4/t19-,21?;;/m1../s1. The number of H-pyrrole nitrogens is 1. The summed E-state index contributed by atoms with van der Waals surface area (Å²) in [6.45, 7) is 18.1. The van der Waals surface area contributed by atoms with E-state index >= 15 is 4.39 Å². The van der Waals surface area contributed by atoms with E-state index in [1.54, 1.807) is 36.4 Å². The second-order valence-corrected chi connectivity index (χ2v) is 20.5. The summed E-state index contributed by atoms with van der Waals surface area (Å²) in [5.41, 5.74) is 4.46. The van der Waals surface area contributed by atoms with E-state index in [9.17, 15) is 38.5 Å². The number of carbonyl (C=O) groups is 2. The largest absolute Gasteiger partial charge is 0.586 e. The van der Waals surface area contributed by atoms with Gasteiger partial charge in [-0.25, -0.2) is 4.39 Å². The number of pyridine rings is 1. The first-order valence-corrected chi connectivity index (χ1v) is 22.4. The van der Waals surface area contributed by atoms with Gasteiger partial charge in [0.15, 0.2) is 11.5 Å². The van der Waals surface area contributed by atoms with Crippen molar-refractivity contribution < 1.29 is 47.6 Å². The summed E-state index contributed by atoms with van der Waals surface area (Å²) in [4.78, 5) is 42.1. The van der Waals surface area contributed by atoms with Gasteiger partial charge >= 0.3 is 6.29 Å². The molecular weight excluding hydrogens is 862 g/mol. The van der Waals surface area contributed by atoms with Gasteiger partial charge in [-0.2, -0.15) is 0 Å². The van der Waals surface area contributed by atoms with E-state index in [4.69, 9.17) is 0 Å². The summed E-state index contributed by atoms with van der Waals surface area (Å²) in [6.07, 6.45) is 0.875. The Balaban J connectivity index is 0.000000224. The number of ether oxygens (including phenoxy) is 2. The number of hydrogen-bond acceptors (Lipinski definition) is 8. The molecule has 1 saturated carbocycles. The number of nitrogens with one attached hydrogen (secondary N) is 2. The molecule has 2 atom stereocenters. The highest BCUT2D eigenvalue weighted by Crippen LogP contribution is 2.54. The molecule has 0 spiro atoms. The average Bonchev–Trinajstić information content (AvgIpc) is 3.89. The summed E-state index contributed by atoms with van der Waals surface area (Å²) < 4.78 is 51.3. The maximum atomic E-state index is 15.4. The van der Waals surface area contributed by atoms with Crippen LogP contribution < -0.4 is 20.2 Å². The van der Waals surface area contributed by atoms with E-state index < -0.39 is 29.5 Å². The molecule has 1 aliphatic heterocycles. The highest BCUT2D eigenvalue weighted by molar-refractivity contribution is 6.06. The fourth-order valence-corrected chi connectivity index (χ4v) is 9.00. The first-order valence-electron chi connectivity index (χ1n) is 22.4. The fourth-order valence-electron chi connectivity index (χ4n) is 9.00. The van der Waals surface area contributed by atoms with Crippen LogP contribution in [0, 0.1) is 11.2 Å². The van der Waals surface area contributed by atoms with Crippen LogP contribution >= 0.6 is 0 Å². The number of aromatic hydroxyl groups is 1. The van der Waals surface area contributed by atoms with Crippen molar-refractivity contribution in [3.63, 3.8) is 0 Å². The molecule has 13 heteroatoms. The molecule has 10 nitrogen and oxygen atoms in total. The Morgan fingerprint density at radius 3 is 2.19 bits per heavy atom. The highest BCUT2D eigenvalue weighted by atomic mass is 19.3. The predicted octanol–water partition coefficient (Wildman–Crippen LogP) is 11.4. The van der Waals surface area contributed by atoms with Crippen LogP contribution in [0.3, 0.4) is 0 Å². The molecule has 1 aromatic heterocycles. The van der Waals surface area contributed by atoms with Crippen LogP contribution in [-0.2, 0) is 27.5 Å². The minimum Gasteiger partial charge on any atom is -0.508 e. The number of hydrogen-bond donors (Lipinski definition) is 5. The van der Waals surface area contributed by atoms with Crippen LogP contribution in [0.4, 0.5) is 18.9 Å². The van der Waals surface area contributed by atoms with Gasteiger partial charge in [-0.15, -0.1) is 8.78 Å². The van der Waals surface area contributed by atoms with E-state index in [0.717, 1.165) is 34.2 Å².